The molecule has 0 radical (unpaired) electrons. The van der Waals surface area contributed by atoms with Crippen molar-refractivity contribution in [2.24, 2.45) is 0 Å². The van der Waals surface area contributed by atoms with Gasteiger partial charge in [-0.2, -0.15) is 0 Å². The molecular formula is C11H14BNO. The SMILES string of the molecule is BN1C[C@H](c2ccccc2)C[C@H]1C=O. The molecule has 3 heteroatoms. The monoisotopic (exact) mass is 187 g/mol. The molecule has 0 unspecified atom stereocenters. The predicted molar refractivity (Wildman–Crippen MR) is 58.9 cm³/mol. The summed E-state index contributed by atoms with van der Waals surface area (Å²) in [5, 5.41) is 0. The Hall–Kier alpha value is -1.09. The maximum absolute atomic E-state index is 10.8. The van der Waals surface area contributed by atoms with Crippen LogP contribution < -0.4 is 0 Å². The number of nitrogens with zero attached hydrogens (tertiary/aromatic N) is 1. The molecule has 1 saturated heterocycles. The van der Waals surface area contributed by atoms with Gasteiger partial charge in [-0.3, -0.25) is 0 Å². The van der Waals surface area contributed by atoms with Crippen LogP contribution in [0.25, 0.3) is 0 Å². The van der Waals surface area contributed by atoms with Crippen molar-refractivity contribution >= 4 is 14.3 Å². The highest BCUT2D eigenvalue weighted by atomic mass is 16.1. The van der Waals surface area contributed by atoms with Crippen LogP contribution in [-0.4, -0.2) is 31.7 Å². The largest absolute Gasteiger partial charge is 0.340 e. The third kappa shape index (κ3) is 1.73. The molecule has 0 spiro atoms. The Morgan fingerprint density at radius 2 is 2.07 bits per heavy atom. The van der Waals surface area contributed by atoms with E-state index in [1.165, 1.54) is 5.56 Å². The van der Waals surface area contributed by atoms with Gasteiger partial charge >= 0.3 is 0 Å². The Morgan fingerprint density at radius 3 is 2.64 bits per heavy atom. The molecular weight excluding hydrogens is 173 g/mol. The lowest BCUT2D eigenvalue weighted by atomic mass is 9.97. The number of hydrogen-bond donors (Lipinski definition) is 0. The van der Waals surface area contributed by atoms with E-state index < -0.39 is 0 Å². The van der Waals surface area contributed by atoms with Gasteiger partial charge < -0.3 is 9.61 Å². The van der Waals surface area contributed by atoms with E-state index >= 15 is 0 Å². The topological polar surface area (TPSA) is 20.3 Å². The fourth-order valence-corrected chi connectivity index (χ4v) is 2.16. The van der Waals surface area contributed by atoms with Gasteiger partial charge in [0.25, 0.3) is 0 Å². The standard InChI is InChI=1S/C11H14BNO/c12-13-7-10(6-11(13)8-14)9-4-2-1-3-5-9/h1-5,8,10-11H,6-7,12H2/t10-,11+/m1/s1. The van der Waals surface area contributed by atoms with E-state index in [2.05, 4.69) is 29.1 Å². The Bertz CT molecular complexity index is 314. The van der Waals surface area contributed by atoms with Crippen molar-refractivity contribution in [3.63, 3.8) is 0 Å². The molecule has 0 aliphatic carbocycles. The van der Waals surface area contributed by atoms with Gasteiger partial charge in [0, 0.05) is 0 Å². The average molecular weight is 187 g/mol. The lowest BCUT2D eigenvalue weighted by Crippen LogP contribution is -2.27. The highest BCUT2D eigenvalue weighted by Crippen LogP contribution is 2.29. The molecule has 2 rings (SSSR count). The van der Waals surface area contributed by atoms with E-state index in [0.717, 1.165) is 19.3 Å². The highest BCUT2D eigenvalue weighted by molar-refractivity contribution is 6.06. The number of rotatable bonds is 2. The van der Waals surface area contributed by atoms with E-state index in [1.807, 2.05) is 14.0 Å². The first-order valence-electron chi connectivity index (χ1n) is 5.01. The summed E-state index contributed by atoms with van der Waals surface area (Å²) in [5.41, 5.74) is 1.35. The van der Waals surface area contributed by atoms with Gasteiger partial charge in [0.1, 0.15) is 6.29 Å². The number of aldehydes is 1. The number of carbonyl (C=O) groups is 1. The first-order valence-corrected chi connectivity index (χ1v) is 5.01. The van der Waals surface area contributed by atoms with Crippen LogP contribution in [0.15, 0.2) is 30.3 Å². The van der Waals surface area contributed by atoms with Crippen LogP contribution in [0.4, 0.5) is 0 Å². The predicted octanol–water partition coefficient (Wildman–Crippen LogP) is 0.591. The van der Waals surface area contributed by atoms with Gasteiger partial charge in [-0.05, 0) is 24.4 Å². The number of benzene rings is 1. The maximum atomic E-state index is 10.8. The van der Waals surface area contributed by atoms with Crippen LogP contribution in [0.3, 0.4) is 0 Å². The number of carbonyl (C=O) groups excluding carboxylic acids is 1. The molecule has 72 valence electrons. The molecule has 0 aromatic heterocycles. The van der Waals surface area contributed by atoms with E-state index in [9.17, 15) is 4.79 Å². The summed E-state index contributed by atoms with van der Waals surface area (Å²) >= 11 is 0. The summed E-state index contributed by atoms with van der Waals surface area (Å²) in [4.78, 5) is 12.9. The minimum absolute atomic E-state index is 0.111. The second-order valence-corrected chi connectivity index (χ2v) is 3.99. The summed E-state index contributed by atoms with van der Waals surface area (Å²) in [6.45, 7) is 0.993. The second-order valence-electron chi connectivity index (χ2n) is 3.99. The molecule has 2 atom stereocenters. The zero-order valence-electron chi connectivity index (χ0n) is 8.39. The van der Waals surface area contributed by atoms with Gasteiger partial charge in [0.05, 0.1) is 6.04 Å². The summed E-state index contributed by atoms with van der Waals surface area (Å²) in [5.74, 6) is 0.524. The van der Waals surface area contributed by atoms with Gasteiger partial charge in [0.15, 0.2) is 7.98 Å². The van der Waals surface area contributed by atoms with E-state index in [0.29, 0.717) is 5.92 Å². The molecule has 1 aliphatic heterocycles. The smallest absolute Gasteiger partial charge is 0.186 e. The molecule has 1 fully saturated rings. The van der Waals surface area contributed by atoms with Crippen molar-refractivity contribution in [3.05, 3.63) is 35.9 Å². The maximum Gasteiger partial charge on any atom is 0.186 e. The minimum atomic E-state index is 0.111. The lowest BCUT2D eigenvalue weighted by Gasteiger charge is -2.12. The van der Waals surface area contributed by atoms with E-state index in [-0.39, 0.29) is 6.04 Å². The molecule has 0 saturated carbocycles. The molecule has 2 nitrogen and oxygen atoms in total. The normalized spacial score (nSPS) is 27.7. The molecule has 1 aliphatic rings. The Balaban J connectivity index is 2.12. The zero-order valence-corrected chi connectivity index (χ0v) is 8.39. The van der Waals surface area contributed by atoms with Crippen LogP contribution in [0.1, 0.15) is 17.9 Å². The lowest BCUT2D eigenvalue weighted by molar-refractivity contribution is -0.110. The first kappa shape index (κ1) is 9.47. The van der Waals surface area contributed by atoms with Crippen LogP contribution >= 0.6 is 0 Å². The quantitative estimate of drug-likeness (QED) is 0.498. The zero-order chi connectivity index (χ0) is 9.97. The summed E-state index contributed by atoms with van der Waals surface area (Å²) in [6, 6.07) is 10.5. The molecule has 1 aromatic rings. The molecule has 0 amide bonds. The summed E-state index contributed by atoms with van der Waals surface area (Å²) in [7, 11) is 2.02. The Labute approximate surface area is 85.3 Å². The third-order valence-electron chi connectivity index (χ3n) is 3.03. The fourth-order valence-electron chi connectivity index (χ4n) is 2.16. The Kier molecular flexibility index (Phi) is 2.68. The molecule has 0 bridgehead atoms. The van der Waals surface area contributed by atoms with Gasteiger partial charge in [-0.25, -0.2) is 0 Å². The molecule has 1 aromatic carbocycles. The highest BCUT2D eigenvalue weighted by Gasteiger charge is 2.29. The van der Waals surface area contributed by atoms with E-state index in [4.69, 9.17) is 0 Å². The van der Waals surface area contributed by atoms with Crippen LogP contribution in [0.2, 0.25) is 0 Å². The Morgan fingerprint density at radius 1 is 1.36 bits per heavy atom. The van der Waals surface area contributed by atoms with Gasteiger partial charge in [-0.1, -0.05) is 30.3 Å². The van der Waals surface area contributed by atoms with Crippen LogP contribution in [-0.2, 0) is 4.79 Å². The second kappa shape index (κ2) is 3.97. The summed E-state index contributed by atoms with van der Waals surface area (Å²) in [6.07, 6.45) is 2.02. The fraction of sp³-hybridized carbons (Fsp3) is 0.364. The molecule has 14 heavy (non-hydrogen) atoms. The van der Waals surface area contributed by atoms with Crippen LogP contribution in [0.5, 0.6) is 0 Å². The van der Waals surface area contributed by atoms with Gasteiger partial charge in [0.2, 0.25) is 0 Å². The van der Waals surface area contributed by atoms with Crippen molar-refractivity contribution in [1.82, 2.24) is 4.81 Å². The van der Waals surface area contributed by atoms with Crippen molar-refractivity contribution < 1.29 is 4.79 Å². The molecule has 1 heterocycles. The van der Waals surface area contributed by atoms with Crippen molar-refractivity contribution in [2.75, 3.05) is 6.54 Å². The van der Waals surface area contributed by atoms with Crippen molar-refractivity contribution in [3.8, 4) is 0 Å². The summed E-state index contributed by atoms with van der Waals surface area (Å²) < 4.78 is 0. The average Bonchev–Trinajstić information content (AvgIpc) is 2.61. The van der Waals surface area contributed by atoms with Crippen LogP contribution in [0, 0.1) is 0 Å². The van der Waals surface area contributed by atoms with Crippen molar-refractivity contribution in [1.29, 1.82) is 0 Å². The van der Waals surface area contributed by atoms with E-state index in [1.54, 1.807) is 0 Å². The first-order chi connectivity index (χ1) is 6.81. The number of hydrogen-bond acceptors (Lipinski definition) is 2. The van der Waals surface area contributed by atoms with Gasteiger partial charge in [-0.15, -0.1) is 0 Å². The molecule has 0 N–H and O–H groups in total. The van der Waals surface area contributed by atoms with Crippen molar-refractivity contribution in [2.45, 2.75) is 18.4 Å². The minimum Gasteiger partial charge on any atom is -0.340 e. The third-order valence-corrected chi connectivity index (χ3v) is 3.03.